The molecule has 0 saturated heterocycles. The molecule has 34 heavy (non-hydrogen) atoms. The summed E-state index contributed by atoms with van der Waals surface area (Å²) in [5.41, 5.74) is 1.99. The monoisotopic (exact) mass is 498 g/mol. The Kier molecular flexibility index (Phi) is 8.05. The number of benzene rings is 3. The zero-order valence-corrected chi connectivity index (χ0v) is 21.5. The minimum absolute atomic E-state index is 0.112. The van der Waals surface area contributed by atoms with Crippen molar-refractivity contribution < 1.29 is 13.2 Å². The van der Waals surface area contributed by atoms with Gasteiger partial charge in [0.05, 0.1) is 10.6 Å². The van der Waals surface area contributed by atoms with Crippen LogP contribution in [0.1, 0.15) is 38.3 Å². The molecule has 0 fully saturated rings. The zero-order chi connectivity index (χ0) is 24.9. The van der Waals surface area contributed by atoms with Gasteiger partial charge in [0.1, 0.15) is 6.54 Å². The highest BCUT2D eigenvalue weighted by Crippen LogP contribution is 2.31. The fourth-order valence-corrected chi connectivity index (χ4v) is 5.83. The largest absolute Gasteiger partial charge is 0.352 e. The van der Waals surface area contributed by atoms with Crippen molar-refractivity contribution in [2.75, 3.05) is 10.8 Å². The molecule has 5 nitrogen and oxygen atoms in total. The first-order valence-corrected chi connectivity index (χ1v) is 13.0. The van der Waals surface area contributed by atoms with E-state index in [-0.39, 0.29) is 28.8 Å². The van der Waals surface area contributed by atoms with Gasteiger partial charge in [-0.25, -0.2) is 8.42 Å². The lowest BCUT2D eigenvalue weighted by Crippen LogP contribution is -2.45. The van der Waals surface area contributed by atoms with Crippen molar-refractivity contribution in [2.45, 2.75) is 50.5 Å². The summed E-state index contributed by atoms with van der Waals surface area (Å²) in [7, 11) is -3.99. The molecule has 1 unspecified atom stereocenters. The van der Waals surface area contributed by atoms with Crippen molar-refractivity contribution in [1.82, 2.24) is 5.32 Å². The first-order chi connectivity index (χ1) is 16.0. The fourth-order valence-electron chi connectivity index (χ4n) is 4.16. The lowest BCUT2D eigenvalue weighted by atomic mass is 9.79. The molecule has 0 spiro atoms. The molecule has 1 amide bonds. The minimum Gasteiger partial charge on any atom is -0.352 e. The molecule has 180 valence electrons. The lowest BCUT2D eigenvalue weighted by Gasteiger charge is -2.30. The Morgan fingerprint density at radius 3 is 2.18 bits per heavy atom. The van der Waals surface area contributed by atoms with Gasteiger partial charge in [-0.1, -0.05) is 80.0 Å². The van der Waals surface area contributed by atoms with Crippen LogP contribution in [0.3, 0.4) is 0 Å². The van der Waals surface area contributed by atoms with E-state index in [1.807, 2.05) is 25.1 Å². The van der Waals surface area contributed by atoms with Crippen molar-refractivity contribution in [3.05, 3.63) is 95.0 Å². The van der Waals surface area contributed by atoms with Crippen LogP contribution in [0, 0.1) is 6.92 Å². The van der Waals surface area contributed by atoms with E-state index in [1.54, 1.807) is 43.3 Å². The van der Waals surface area contributed by atoms with Crippen LogP contribution in [-0.4, -0.2) is 26.9 Å². The maximum Gasteiger partial charge on any atom is 0.264 e. The van der Waals surface area contributed by atoms with Crippen molar-refractivity contribution in [3.8, 4) is 0 Å². The van der Waals surface area contributed by atoms with Gasteiger partial charge in [0, 0.05) is 11.1 Å². The number of nitrogens with zero attached hydrogens (tertiary/aromatic N) is 1. The quantitative estimate of drug-likeness (QED) is 0.410. The average molecular weight is 499 g/mol. The predicted molar refractivity (Wildman–Crippen MR) is 139 cm³/mol. The Balaban J connectivity index is 1.84. The van der Waals surface area contributed by atoms with Gasteiger partial charge in [0.25, 0.3) is 10.0 Å². The molecule has 0 aliphatic heterocycles. The molecule has 3 rings (SSSR count). The van der Waals surface area contributed by atoms with Crippen LogP contribution in [-0.2, 0) is 20.2 Å². The Morgan fingerprint density at radius 1 is 0.971 bits per heavy atom. The Labute approximate surface area is 207 Å². The smallest absolute Gasteiger partial charge is 0.264 e. The van der Waals surface area contributed by atoms with Crippen molar-refractivity contribution in [2.24, 2.45) is 0 Å². The van der Waals surface area contributed by atoms with E-state index in [2.05, 4.69) is 31.3 Å². The van der Waals surface area contributed by atoms with Gasteiger partial charge in [-0.15, -0.1) is 0 Å². The maximum atomic E-state index is 13.5. The van der Waals surface area contributed by atoms with Crippen molar-refractivity contribution in [1.29, 1.82) is 0 Å². The molecule has 0 bridgehead atoms. The van der Waals surface area contributed by atoms with E-state index in [4.69, 9.17) is 11.6 Å². The van der Waals surface area contributed by atoms with E-state index in [0.717, 1.165) is 4.31 Å². The van der Waals surface area contributed by atoms with Crippen LogP contribution in [0.2, 0.25) is 5.02 Å². The number of nitrogens with one attached hydrogen (secondary N) is 1. The first-order valence-electron chi connectivity index (χ1n) is 11.2. The third-order valence-corrected chi connectivity index (χ3v) is 8.09. The first kappa shape index (κ1) is 25.8. The topological polar surface area (TPSA) is 66.5 Å². The Bertz CT molecular complexity index is 1230. The van der Waals surface area contributed by atoms with E-state index in [1.165, 1.54) is 17.7 Å². The molecule has 0 heterocycles. The summed E-state index contributed by atoms with van der Waals surface area (Å²) in [5, 5.41) is 3.42. The van der Waals surface area contributed by atoms with Gasteiger partial charge in [-0.05, 0) is 61.1 Å². The second-order valence-corrected chi connectivity index (χ2v) is 11.4. The highest BCUT2D eigenvalue weighted by atomic mass is 35.5. The van der Waals surface area contributed by atoms with E-state index < -0.39 is 10.0 Å². The summed E-state index contributed by atoms with van der Waals surface area (Å²) >= 11 is 6.28. The summed E-state index contributed by atoms with van der Waals surface area (Å²) in [6, 6.07) is 23.1. The van der Waals surface area contributed by atoms with Gasteiger partial charge in [0.15, 0.2) is 0 Å². The van der Waals surface area contributed by atoms with Crippen LogP contribution < -0.4 is 9.62 Å². The van der Waals surface area contributed by atoms with Gasteiger partial charge < -0.3 is 5.32 Å². The third-order valence-electron chi connectivity index (χ3n) is 5.91. The van der Waals surface area contributed by atoms with E-state index >= 15 is 0 Å². The average Bonchev–Trinajstić information content (AvgIpc) is 2.80. The molecule has 0 saturated carbocycles. The minimum atomic E-state index is -3.99. The number of carbonyl (C=O) groups is 1. The fraction of sp³-hybridized carbons (Fsp3) is 0.296. The Hall–Kier alpha value is -2.83. The number of anilines is 1. The number of hydrogen-bond donors (Lipinski definition) is 1. The van der Waals surface area contributed by atoms with Crippen molar-refractivity contribution >= 4 is 33.2 Å². The number of halogens is 1. The molecule has 0 aliphatic carbocycles. The molecule has 0 aromatic heterocycles. The molecule has 0 radical (unpaired) electrons. The van der Waals surface area contributed by atoms with Crippen molar-refractivity contribution in [3.63, 3.8) is 0 Å². The molecular weight excluding hydrogens is 468 g/mol. The molecule has 1 atom stereocenters. The SMILES string of the molecule is Cc1c(Cl)cccc1N(CC(=O)NC(C)CC(C)(C)c1ccccc1)S(=O)(=O)c1ccccc1. The summed E-state index contributed by atoms with van der Waals surface area (Å²) < 4.78 is 28.2. The van der Waals surface area contributed by atoms with Gasteiger partial charge >= 0.3 is 0 Å². The molecule has 1 N–H and O–H groups in total. The van der Waals surface area contributed by atoms with Crippen LogP contribution >= 0.6 is 11.6 Å². The normalized spacial score (nSPS) is 12.7. The van der Waals surface area contributed by atoms with Crippen LogP contribution in [0.15, 0.2) is 83.8 Å². The number of hydrogen-bond acceptors (Lipinski definition) is 3. The van der Waals surface area contributed by atoms with Crippen LogP contribution in [0.4, 0.5) is 5.69 Å². The van der Waals surface area contributed by atoms with E-state index in [9.17, 15) is 13.2 Å². The second-order valence-electron chi connectivity index (χ2n) is 9.13. The standard InChI is InChI=1S/C27H31ClN2O3S/c1-20(18-27(3,4)22-12-7-5-8-13-22)29-26(31)19-30(25-17-11-16-24(28)21(25)2)34(32,33)23-14-9-6-10-15-23/h5-17,20H,18-19H2,1-4H3,(H,29,31). The molecular formula is C27H31ClN2O3S. The number of sulfonamides is 1. The molecule has 3 aromatic rings. The summed E-state index contributed by atoms with van der Waals surface area (Å²) in [5.74, 6) is -0.379. The van der Waals surface area contributed by atoms with Gasteiger partial charge in [0.2, 0.25) is 5.91 Å². The molecule has 7 heteroatoms. The summed E-state index contributed by atoms with van der Waals surface area (Å²) in [6.07, 6.45) is 0.699. The highest BCUT2D eigenvalue weighted by molar-refractivity contribution is 7.92. The van der Waals surface area contributed by atoms with E-state index in [0.29, 0.717) is 22.7 Å². The zero-order valence-electron chi connectivity index (χ0n) is 20.0. The van der Waals surface area contributed by atoms with Crippen LogP contribution in [0.5, 0.6) is 0 Å². The number of carbonyl (C=O) groups excluding carboxylic acids is 1. The van der Waals surface area contributed by atoms with Gasteiger partial charge in [-0.3, -0.25) is 9.10 Å². The predicted octanol–water partition coefficient (Wildman–Crippen LogP) is 5.72. The lowest BCUT2D eigenvalue weighted by molar-refractivity contribution is -0.120. The molecule has 0 aliphatic rings. The number of amides is 1. The number of rotatable bonds is 9. The second kappa shape index (κ2) is 10.6. The van der Waals surface area contributed by atoms with Crippen LogP contribution in [0.25, 0.3) is 0 Å². The summed E-state index contributed by atoms with van der Waals surface area (Å²) in [6.45, 7) is 7.59. The Morgan fingerprint density at radius 2 is 1.56 bits per heavy atom. The van der Waals surface area contributed by atoms with Gasteiger partial charge in [-0.2, -0.15) is 0 Å². The molecule has 3 aromatic carbocycles. The summed E-state index contributed by atoms with van der Waals surface area (Å²) in [4.78, 5) is 13.2. The highest BCUT2D eigenvalue weighted by Gasteiger charge is 2.30. The maximum absolute atomic E-state index is 13.5. The third kappa shape index (κ3) is 5.99.